The smallest absolute Gasteiger partial charge is 0.326 e. The van der Waals surface area contributed by atoms with Crippen LogP contribution in [0.25, 0.3) is 6.08 Å². The van der Waals surface area contributed by atoms with Gasteiger partial charge in [-0.1, -0.05) is 0 Å². The second-order valence-corrected chi connectivity index (χ2v) is 4.85. The lowest BCUT2D eigenvalue weighted by molar-refractivity contribution is -0.145. The molecule has 1 aliphatic rings. The van der Waals surface area contributed by atoms with E-state index in [2.05, 4.69) is 4.98 Å². The second-order valence-electron chi connectivity index (χ2n) is 3.85. The first-order chi connectivity index (χ1) is 9.61. The highest BCUT2D eigenvalue weighted by Gasteiger charge is 2.36. The lowest BCUT2D eigenvalue weighted by Gasteiger charge is -2.10. The number of hydrogen-bond donors (Lipinski definition) is 0. The van der Waals surface area contributed by atoms with Gasteiger partial charge in [-0.25, -0.2) is 0 Å². The van der Waals surface area contributed by atoms with Gasteiger partial charge in [0.15, 0.2) is 0 Å². The Labute approximate surface area is 119 Å². The van der Waals surface area contributed by atoms with Crippen molar-refractivity contribution in [3.8, 4) is 0 Å². The summed E-state index contributed by atoms with van der Waals surface area (Å²) in [6.07, 6.45) is 4.78. The topological polar surface area (TPSA) is 76.6 Å². The van der Waals surface area contributed by atoms with Crippen molar-refractivity contribution in [1.29, 1.82) is 0 Å². The first kappa shape index (κ1) is 14.3. The Kier molecular flexibility index (Phi) is 4.52. The summed E-state index contributed by atoms with van der Waals surface area (Å²) in [6.45, 7) is 1.52. The molecule has 7 heteroatoms. The largest absolute Gasteiger partial charge is 0.465 e. The molecule has 0 saturated carbocycles. The maximum atomic E-state index is 12.1. The van der Waals surface area contributed by atoms with Gasteiger partial charge in [-0.15, -0.1) is 0 Å². The highest BCUT2D eigenvalue weighted by atomic mass is 32.2. The van der Waals surface area contributed by atoms with Crippen molar-refractivity contribution in [2.45, 2.75) is 6.92 Å². The molecule has 0 aromatic carbocycles. The highest BCUT2D eigenvalue weighted by Crippen LogP contribution is 2.31. The van der Waals surface area contributed by atoms with E-state index >= 15 is 0 Å². The summed E-state index contributed by atoms with van der Waals surface area (Å²) < 4.78 is 4.73. The van der Waals surface area contributed by atoms with E-state index in [1.165, 1.54) is 0 Å². The predicted molar refractivity (Wildman–Crippen MR) is 73.5 cm³/mol. The zero-order valence-corrected chi connectivity index (χ0v) is 11.6. The summed E-state index contributed by atoms with van der Waals surface area (Å²) in [4.78, 5) is 40.2. The van der Waals surface area contributed by atoms with Crippen LogP contribution in [0.1, 0.15) is 12.5 Å². The monoisotopic (exact) mass is 292 g/mol. The third kappa shape index (κ3) is 3.24. The molecule has 2 rings (SSSR count). The number of rotatable bonds is 4. The Morgan fingerprint density at radius 2 is 2.10 bits per heavy atom. The van der Waals surface area contributed by atoms with Crippen molar-refractivity contribution in [2.75, 3.05) is 13.2 Å². The highest BCUT2D eigenvalue weighted by molar-refractivity contribution is 8.18. The zero-order valence-electron chi connectivity index (χ0n) is 10.7. The molecule has 0 atom stereocenters. The van der Waals surface area contributed by atoms with E-state index in [9.17, 15) is 14.4 Å². The number of ether oxygens (including phenoxy) is 1. The van der Waals surface area contributed by atoms with Gasteiger partial charge < -0.3 is 4.74 Å². The van der Waals surface area contributed by atoms with Crippen LogP contribution < -0.4 is 0 Å². The standard InChI is InChI=1S/C13H12N2O4S/c1-2-19-11(16)8-15-12(17)10(20-13(15)18)7-9-3-5-14-6-4-9/h3-7H,2,8H2,1H3. The molecule has 2 heterocycles. The average Bonchev–Trinajstić information content (AvgIpc) is 2.68. The zero-order chi connectivity index (χ0) is 14.5. The van der Waals surface area contributed by atoms with Crippen LogP contribution in [0.4, 0.5) is 4.79 Å². The van der Waals surface area contributed by atoms with E-state index in [0.29, 0.717) is 0 Å². The Hall–Kier alpha value is -2.15. The molecule has 104 valence electrons. The van der Waals surface area contributed by atoms with Crippen LogP contribution in [0.15, 0.2) is 29.4 Å². The van der Waals surface area contributed by atoms with E-state index in [-0.39, 0.29) is 18.1 Å². The lowest BCUT2D eigenvalue weighted by Crippen LogP contribution is -2.34. The number of pyridine rings is 1. The fourth-order valence-corrected chi connectivity index (χ4v) is 2.42. The minimum Gasteiger partial charge on any atom is -0.465 e. The summed E-state index contributed by atoms with van der Waals surface area (Å²) in [6, 6.07) is 3.44. The van der Waals surface area contributed by atoms with Gasteiger partial charge >= 0.3 is 5.97 Å². The van der Waals surface area contributed by atoms with E-state index in [4.69, 9.17) is 4.74 Å². The SMILES string of the molecule is CCOC(=O)CN1C(=O)SC(=Cc2ccncc2)C1=O. The molecule has 2 amide bonds. The number of esters is 1. The number of nitrogens with zero attached hydrogens (tertiary/aromatic N) is 2. The second kappa shape index (κ2) is 6.33. The van der Waals surface area contributed by atoms with Crippen molar-refractivity contribution < 1.29 is 19.1 Å². The minimum atomic E-state index is -0.597. The number of carbonyl (C=O) groups is 3. The molecule has 1 saturated heterocycles. The van der Waals surface area contributed by atoms with Gasteiger partial charge in [-0.2, -0.15) is 0 Å². The number of hydrogen-bond acceptors (Lipinski definition) is 6. The summed E-state index contributed by atoms with van der Waals surface area (Å²) in [5.74, 6) is -1.08. The summed E-state index contributed by atoms with van der Waals surface area (Å²) in [7, 11) is 0. The van der Waals surface area contributed by atoms with Crippen LogP contribution in [0, 0.1) is 0 Å². The molecule has 1 aromatic rings. The van der Waals surface area contributed by atoms with E-state index in [1.807, 2.05) is 0 Å². The van der Waals surface area contributed by atoms with Crippen LogP contribution in [0.3, 0.4) is 0 Å². The van der Waals surface area contributed by atoms with Gasteiger partial charge in [-0.3, -0.25) is 24.3 Å². The first-order valence-corrected chi connectivity index (χ1v) is 6.74. The van der Waals surface area contributed by atoms with Crippen LogP contribution in [-0.4, -0.2) is 40.2 Å². The van der Waals surface area contributed by atoms with Crippen molar-refractivity contribution in [3.05, 3.63) is 35.0 Å². The molecule has 0 N–H and O–H groups in total. The molecule has 6 nitrogen and oxygen atoms in total. The molecule has 0 radical (unpaired) electrons. The Morgan fingerprint density at radius 3 is 2.75 bits per heavy atom. The van der Waals surface area contributed by atoms with E-state index in [0.717, 1.165) is 22.2 Å². The molecular weight excluding hydrogens is 280 g/mol. The summed E-state index contributed by atoms with van der Waals surface area (Å²) >= 11 is 0.807. The Bertz CT molecular complexity index is 571. The van der Waals surface area contributed by atoms with Gasteiger partial charge in [0.05, 0.1) is 11.5 Å². The maximum absolute atomic E-state index is 12.1. The van der Waals surface area contributed by atoms with Gasteiger partial charge in [0.2, 0.25) is 0 Å². The number of amides is 2. The fourth-order valence-electron chi connectivity index (χ4n) is 1.58. The van der Waals surface area contributed by atoms with Crippen molar-refractivity contribution in [1.82, 2.24) is 9.88 Å². The van der Waals surface area contributed by atoms with Crippen molar-refractivity contribution >= 4 is 35.0 Å². The Balaban J connectivity index is 2.13. The molecular formula is C13H12N2O4S. The molecule has 0 bridgehead atoms. The van der Waals surface area contributed by atoms with Crippen LogP contribution >= 0.6 is 11.8 Å². The van der Waals surface area contributed by atoms with Crippen LogP contribution in [-0.2, 0) is 14.3 Å². The van der Waals surface area contributed by atoms with Gasteiger partial charge in [0.1, 0.15) is 6.54 Å². The van der Waals surface area contributed by atoms with Crippen LogP contribution in [0.2, 0.25) is 0 Å². The van der Waals surface area contributed by atoms with E-state index < -0.39 is 17.1 Å². The Morgan fingerprint density at radius 1 is 1.40 bits per heavy atom. The first-order valence-electron chi connectivity index (χ1n) is 5.93. The molecule has 1 aromatic heterocycles. The van der Waals surface area contributed by atoms with Crippen LogP contribution in [0.5, 0.6) is 0 Å². The van der Waals surface area contributed by atoms with Gasteiger partial charge in [0, 0.05) is 12.4 Å². The summed E-state index contributed by atoms with van der Waals surface area (Å²) in [5, 5.41) is -0.469. The average molecular weight is 292 g/mol. The number of thioether (sulfide) groups is 1. The molecule has 20 heavy (non-hydrogen) atoms. The normalized spacial score (nSPS) is 16.9. The molecule has 0 spiro atoms. The van der Waals surface area contributed by atoms with Gasteiger partial charge in [-0.05, 0) is 42.5 Å². The summed E-state index contributed by atoms with van der Waals surface area (Å²) in [5.41, 5.74) is 0.765. The number of aromatic nitrogens is 1. The minimum absolute atomic E-state index is 0.210. The number of carbonyl (C=O) groups excluding carboxylic acids is 3. The molecule has 1 fully saturated rings. The van der Waals surface area contributed by atoms with Crippen molar-refractivity contribution in [3.63, 3.8) is 0 Å². The van der Waals surface area contributed by atoms with Gasteiger partial charge in [0.25, 0.3) is 11.1 Å². The molecule has 1 aliphatic heterocycles. The third-order valence-electron chi connectivity index (χ3n) is 2.47. The fraction of sp³-hybridized carbons (Fsp3) is 0.231. The predicted octanol–water partition coefficient (Wildman–Crippen LogP) is 1.68. The number of imide groups is 1. The van der Waals surface area contributed by atoms with E-state index in [1.54, 1.807) is 37.5 Å². The third-order valence-corrected chi connectivity index (χ3v) is 3.38. The molecule has 0 unspecified atom stereocenters. The maximum Gasteiger partial charge on any atom is 0.326 e. The van der Waals surface area contributed by atoms with Crippen molar-refractivity contribution in [2.24, 2.45) is 0 Å². The lowest BCUT2D eigenvalue weighted by atomic mass is 10.2. The quantitative estimate of drug-likeness (QED) is 0.621. The molecule has 0 aliphatic carbocycles.